The molecule has 0 bridgehead atoms. The van der Waals surface area contributed by atoms with Gasteiger partial charge in [0.25, 0.3) is 0 Å². The van der Waals surface area contributed by atoms with Crippen LogP contribution in [0.1, 0.15) is 39.0 Å². The number of nitrogens with zero attached hydrogens (tertiary/aromatic N) is 1. The summed E-state index contributed by atoms with van der Waals surface area (Å²) in [5, 5.41) is 0. The Morgan fingerprint density at radius 2 is 2.15 bits per heavy atom. The molecule has 0 radical (unpaired) electrons. The maximum absolute atomic E-state index is 11.9. The number of hydrogen-bond acceptors (Lipinski definition) is 2. The van der Waals surface area contributed by atoms with Crippen LogP contribution in [0.2, 0.25) is 0 Å². The Kier molecular flexibility index (Phi) is 2.06. The molecular formula is C10H18N2O. The van der Waals surface area contributed by atoms with Crippen LogP contribution >= 0.6 is 0 Å². The fourth-order valence-electron chi connectivity index (χ4n) is 1.71. The van der Waals surface area contributed by atoms with Crippen molar-refractivity contribution in [2.24, 2.45) is 5.73 Å². The molecule has 0 heterocycles. The molecule has 3 nitrogen and oxygen atoms in total. The molecule has 2 aliphatic rings. The van der Waals surface area contributed by atoms with Crippen LogP contribution in [0.3, 0.4) is 0 Å². The van der Waals surface area contributed by atoms with E-state index in [1.165, 1.54) is 12.8 Å². The first-order valence-electron chi connectivity index (χ1n) is 5.27. The molecule has 2 aliphatic carbocycles. The van der Waals surface area contributed by atoms with E-state index < -0.39 is 5.54 Å². The van der Waals surface area contributed by atoms with Gasteiger partial charge in [0, 0.05) is 12.6 Å². The van der Waals surface area contributed by atoms with E-state index in [9.17, 15) is 4.79 Å². The highest BCUT2D eigenvalue weighted by Gasteiger charge is 2.50. The molecular weight excluding hydrogens is 164 g/mol. The maximum atomic E-state index is 11.9. The summed E-state index contributed by atoms with van der Waals surface area (Å²) in [4.78, 5) is 13.9. The van der Waals surface area contributed by atoms with Crippen molar-refractivity contribution >= 4 is 5.91 Å². The Hall–Kier alpha value is -0.570. The Morgan fingerprint density at radius 3 is 2.54 bits per heavy atom. The lowest BCUT2D eigenvalue weighted by molar-refractivity contribution is -0.134. The second-order valence-corrected chi connectivity index (χ2v) is 4.39. The van der Waals surface area contributed by atoms with Crippen LogP contribution in [0.15, 0.2) is 0 Å². The highest BCUT2D eigenvalue weighted by Crippen LogP contribution is 2.37. The van der Waals surface area contributed by atoms with Gasteiger partial charge in [0.2, 0.25) is 5.91 Å². The van der Waals surface area contributed by atoms with E-state index in [4.69, 9.17) is 5.73 Å². The van der Waals surface area contributed by atoms with Crippen molar-refractivity contribution in [2.75, 3.05) is 6.54 Å². The zero-order valence-electron chi connectivity index (χ0n) is 8.25. The normalized spacial score (nSPS) is 24.2. The minimum absolute atomic E-state index is 0.205. The number of hydrogen-bond donors (Lipinski definition) is 1. The van der Waals surface area contributed by atoms with Gasteiger partial charge in [-0.05, 0) is 32.1 Å². The summed E-state index contributed by atoms with van der Waals surface area (Å²) in [6, 6.07) is 0.522. The van der Waals surface area contributed by atoms with Gasteiger partial charge in [-0.1, -0.05) is 6.92 Å². The van der Waals surface area contributed by atoms with Crippen molar-refractivity contribution in [1.29, 1.82) is 0 Å². The first-order valence-corrected chi connectivity index (χ1v) is 5.27. The van der Waals surface area contributed by atoms with Gasteiger partial charge in [-0.3, -0.25) is 4.79 Å². The van der Waals surface area contributed by atoms with Crippen molar-refractivity contribution in [1.82, 2.24) is 4.90 Å². The van der Waals surface area contributed by atoms with Gasteiger partial charge in [-0.2, -0.15) is 0 Å². The Balaban J connectivity index is 1.97. The quantitative estimate of drug-likeness (QED) is 0.701. The largest absolute Gasteiger partial charge is 0.338 e. The number of nitrogens with two attached hydrogens (primary N) is 1. The third kappa shape index (κ3) is 1.70. The molecule has 0 aromatic rings. The van der Waals surface area contributed by atoms with Crippen LogP contribution in [0.25, 0.3) is 0 Å². The third-order valence-corrected chi connectivity index (χ3v) is 2.93. The minimum Gasteiger partial charge on any atom is -0.338 e. The molecule has 2 fully saturated rings. The number of amides is 1. The zero-order chi connectivity index (χ0) is 9.47. The van der Waals surface area contributed by atoms with Crippen molar-refractivity contribution < 1.29 is 4.79 Å². The standard InChI is InChI=1S/C10H18N2O/c1-2-7-12(8-3-4-8)9(13)10(11)5-6-10/h8H,2-7,11H2,1H3. The van der Waals surface area contributed by atoms with Gasteiger partial charge in [0.1, 0.15) is 0 Å². The molecule has 2 rings (SSSR count). The van der Waals surface area contributed by atoms with Gasteiger partial charge in [0.15, 0.2) is 0 Å². The molecule has 0 aromatic heterocycles. The topological polar surface area (TPSA) is 46.3 Å². The summed E-state index contributed by atoms with van der Waals surface area (Å²) in [6.45, 7) is 3.00. The molecule has 1 amide bonds. The minimum atomic E-state index is -0.461. The first kappa shape index (κ1) is 9.00. The van der Waals surface area contributed by atoms with Gasteiger partial charge in [-0.25, -0.2) is 0 Å². The van der Waals surface area contributed by atoms with E-state index in [1.807, 2.05) is 4.90 Å². The summed E-state index contributed by atoms with van der Waals surface area (Å²) in [7, 11) is 0. The molecule has 74 valence electrons. The molecule has 2 saturated carbocycles. The fourth-order valence-corrected chi connectivity index (χ4v) is 1.71. The van der Waals surface area contributed by atoms with Gasteiger partial charge < -0.3 is 10.6 Å². The predicted molar refractivity (Wildman–Crippen MR) is 51.2 cm³/mol. The van der Waals surface area contributed by atoms with E-state index >= 15 is 0 Å². The summed E-state index contributed by atoms with van der Waals surface area (Å²) in [5.41, 5.74) is 5.44. The van der Waals surface area contributed by atoms with Crippen LogP contribution < -0.4 is 5.73 Å². The molecule has 0 saturated heterocycles. The van der Waals surface area contributed by atoms with Gasteiger partial charge in [-0.15, -0.1) is 0 Å². The fraction of sp³-hybridized carbons (Fsp3) is 0.900. The molecule has 0 aromatic carbocycles. The monoisotopic (exact) mass is 182 g/mol. The van der Waals surface area contributed by atoms with E-state index in [1.54, 1.807) is 0 Å². The van der Waals surface area contributed by atoms with Crippen LogP contribution in [0.5, 0.6) is 0 Å². The lowest BCUT2D eigenvalue weighted by Gasteiger charge is -2.24. The highest BCUT2D eigenvalue weighted by molar-refractivity contribution is 5.89. The molecule has 0 aliphatic heterocycles. The SMILES string of the molecule is CCCN(C(=O)C1(N)CC1)C1CC1. The van der Waals surface area contributed by atoms with E-state index in [0.29, 0.717) is 6.04 Å². The summed E-state index contributed by atoms with van der Waals surface area (Å²) in [6.07, 6.45) is 5.18. The molecule has 3 heteroatoms. The summed E-state index contributed by atoms with van der Waals surface area (Å²) in [5.74, 6) is 0.205. The molecule has 0 atom stereocenters. The summed E-state index contributed by atoms with van der Waals surface area (Å²) >= 11 is 0. The molecule has 2 N–H and O–H groups in total. The molecule has 13 heavy (non-hydrogen) atoms. The third-order valence-electron chi connectivity index (χ3n) is 2.93. The number of rotatable bonds is 4. The Morgan fingerprint density at radius 1 is 1.54 bits per heavy atom. The molecule has 0 spiro atoms. The smallest absolute Gasteiger partial charge is 0.242 e. The highest BCUT2D eigenvalue weighted by atomic mass is 16.2. The van der Waals surface area contributed by atoms with Gasteiger partial charge >= 0.3 is 0 Å². The zero-order valence-corrected chi connectivity index (χ0v) is 8.25. The maximum Gasteiger partial charge on any atom is 0.242 e. The lowest BCUT2D eigenvalue weighted by Crippen LogP contribution is -2.47. The Bertz CT molecular complexity index is 219. The van der Waals surface area contributed by atoms with E-state index in [-0.39, 0.29) is 5.91 Å². The van der Waals surface area contributed by atoms with Crippen molar-refractivity contribution in [3.63, 3.8) is 0 Å². The van der Waals surface area contributed by atoms with Crippen molar-refractivity contribution in [3.8, 4) is 0 Å². The predicted octanol–water partition coefficient (Wildman–Crippen LogP) is 0.879. The van der Waals surface area contributed by atoms with Crippen LogP contribution in [-0.2, 0) is 4.79 Å². The number of carbonyl (C=O) groups is 1. The average Bonchev–Trinajstić information content (AvgIpc) is 2.94. The molecule has 0 unspecified atom stereocenters. The summed E-state index contributed by atoms with van der Waals surface area (Å²) < 4.78 is 0. The Labute approximate surface area is 79.3 Å². The number of carbonyl (C=O) groups excluding carboxylic acids is 1. The van der Waals surface area contributed by atoms with Crippen LogP contribution in [0.4, 0.5) is 0 Å². The average molecular weight is 182 g/mol. The first-order chi connectivity index (χ1) is 6.17. The lowest BCUT2D eigenvalue weighted by atomic mass is 10.2. The van der Waals surface area contributed by atoms with Gasteiger partial charge in [0.05, 0.1) is 5.54 Å². The van der Waals surface area contributed by atoms with Crippen LogP contribution in [0, 0.1) is 0 Å². The second kappa shape index (κ2) is 2.98. The second-order valence-electron chi connectivity index (χ2n) is 4.39. The van der Waals surface area contributed by atoms with Crippen molar-refractivity contribution in [2.45, 2.75) is 50.6 Å². The van der Waals surface area contributed by atoms with Crippen molar-refractivity contribution in [3.05, 3.63) is 0 Å². The van der Waals surface area contributed by atoms with E-state index in [2.05, 4.69) is 6.92 Å². The van der Waals surface area contributed by atoms with E-state index in [0.717, 1.165) is 25.8 Å². The van der Waals surface area contributed by atoms with Crippen LogP contribution in [-0.4, -0.2) is 28.9 Å².